The summed E-state index contributed by atoms with van der Waals surface area (Å²) in [6.45, 7) is 5.01. The van der Waals surface area contributed by atoms with E-state index in [1.165, 1.54) is 4.88 Å². The van der Waals surface area contributed by atoms with Crippen molar-refractivity contribution < 1.29 is 4.74 Å². The van der Waals surface area contributed by atoms with E-state index >= 15 is 0 Å². The number of guanidine groups is 1. The van der Waals surface area contributed by atoms with E-state index in [1.807, 2.05) is 19.2 Å². The van der Waals surface area contributed by atoms with E-state index in [1.54, 1.807) is 11.3 Å². The molecule has 2 aromatic rings. The van der Waals surface area contributed by atoms with Gasteiger partial charge in [0.25, 0.3) is 0 Å². The van der Waals surface area contributed by atoms with Crippen molar-refractivity contribution in [3.63, 3.8) is 0 Å². The number of likely N-dealkylation sites (N-methyl/N-ethyl adjacent to an activating group) is 1. The molecule has 7 heteroatoms. The molecule has 2 heterocycles. The van der Waals surface area contributed by atoms with Crippen LogP contribution in [-0.4, -0.2) is 69.2 Å². The smallest absolute Gasteiger partial charge is 0.193 e. The first kappa shape index (κ1) is 21.1. The fourth-order valence-electron chi connectivity index (χ4n) is 3.48. The van der Waals surface area contributed by atoms with Crippen LogP contribution in [0.1, 0.15) is 16.5 Å². The van der Waals surface area contributed by atoms with Crippen LogP contribution >= 0.6 is 22.9 Å². The topological polar surface area (TPSA) is 40.1 Å². The normalized spacial score (nSPS) is 16.8. The minimum Gasteiger partial charge on any atom is -0.379 e. The van der Waals surface area contributed by atoms with Gasteiger partial charge < -0.3 is 15.0 Å². The van der Waals surface area contributed by atoms with E-state index in [-0.39, 0.29) is 6.04 Å². The lowest BCUT2D eigenvalue weighted by Gasteiger charge is -2.36. The monoisotopic (exact) mass is 420 g/mol. The summed E-state index contributed by atoms with van der Waals surface area (Å²) < 4.78 is 5.54. The van der Waals surface area contributed by atoms with Crippen LogP contribution in [0.25, 0.3) is 0 Å². The number of ether oxygens (including phenoxy) is 1. The average molecular weight is 421 g/mol. The molecular weight excluding hydrogens is 392 g/mol. The molecule has 1 unspecified atom stereocenters. The van der Waals surface area contributed by atoms with Crippen molar-refractivity contribution in [3.05, 3.63) is 57.2 Å². The van der Waals surface area contributed by atoms with Gasteiger partial charge in [-0.25, -0.2) is 0 Å². The number of aliphatic imine (C=N–C) groups is 1. The second-order valence-corrected chi connectivity index (χ2v) is 8.30. The van der Waals surface area contributed by atoms with Gasteiger partial charge in [-0.1, -0.05) is 35.9 Å². The summed E-state index contributed by atoms with van der Waals surface area (Å²) in [5.74, 6) is 0.905. The van der Waals surface area contributed by atoms with Crippen LogP contribution in [0.5, 0.6) is 0 Å². The van der Waals surface area contributed by atoms with E-state index in [9.17, 15) is 0 Å². The molecule has 1 aliphatic rings. The molecule has 1 fully saturated rings. The average Bonchev–Trinajstić information content (AvgIpc) is 3.25. The van der Waals surface area contributed by atoms with Gasteiger partial charge in [0.2, 0.25) is 0 Å². The van der Waals surface area contributed by atoms with Gasteiger partial charge in [0.15, 0.2) is 5.96 Å². The van der Waals surface area contributed by atoms with Crippen LogP contribution in [0.2, 0.25) is 5.02 Å². The quantitative estimate of drug-likeness (QED) is 0.549. The lowest BCUT2D eigenvalue weighted by molar-refractivity contribution is 0.0169. The Morgan fingerprint density at radius 2 is 2.07 bits per heavy atom. The molecule has 0 radical (unpaired) electrons. The molecule has 152 valence electrons. The molecule has 0 aliphatic carbocycles. The number of hydrogen-bond acceptors (Lipinski definition) is 4. The van der Waals surface area contributed by atoms with Crippen molar-refractivity contribution in [1.29, 1.82) is 0 Å². The first-order chi connectivity index (χ1) is 13.7. The largest absolute Gasteiger partial charge is 0.379 e. The number of benzene rings is 1. The van der Waals surface area contributed by atoms with E-state index in [0.717, 1.165) is 62.4 Å². The standard InChI is InChI=1S/C21H29ClN4OS/c1-23-21(25(2)10-9-17-6-5-15-28-17)24-16-20(26-11-13-27-14-12-26)18-7-3-4-8-19(18)22/h3-8,15,20H,9-14,16H2,1-2H3,(H,23,24). The van der Waals surface area contributed by atoms with Crippen molar-refractivity contribution in [3.8, 4) is 0 Å². The Kier molecular flexibility index (Phi) is 8.15. The SMILES string of the molecule is CN=C(NCC(c1ccccc1Cl)N1CCOCC1)N(C)CCc1cccs1. The molecule has 1 N–H and O–H groups in total. The summed E-state index contributed by atoms with van der Waals surface area (Å²) in [4.78, 5) is 10.5. The Morgan fingerprint density at radius 1 is 1.29 bits per heavy atom. The fraction of sp³-hybridized carbons (Fsp3) is 0.476. The van der Waals surface area contributed by atoms with Gasteiger partial charge in [-0.2, -0.15) is 0 Å². The minimum absolute atomic E-state index is 0.181. The van der Waals surface area contributed by atoms with Crippen LogP contribution in [0, 0.1) is 0 Å². The molecule has 5 nitrogen and oxygen atoms in total. The first-order valence-electron chi connectivity index (χ1n) is 9.69. The van der Waals surface area contributed by atoms with Gasteiger partial charge >= 0.3 is 0 Å². The van der Waals surface area contributed by atoms with E-state index < -0.39 is 0 Å². The molecule has 0 amide bonds. The van der Waals surface area contributed by atoms with Gasteiger partial charge in [0.1, 0.15) is 0 Å². The summed E-state index contributed by atoms with van der Waals surface area (Å²) >= 11 is 8.33. The van der Waals surface area contributed by atoms with E-state index in [0.29, 0.717) is 0 Å². The maximum absolute atomic E-state index is 6.53. The third-order valence-corrected chi connectivity index (χ3v) is 6.33. The molecule has 1 aromatic carbocycles. The van der Waals surface area contributed by atoms with Crippen molar-refractivity contribution in [1.82, 2.24) is 15.1 Å². The third kappa shape index (κ3) is 5.70. The predicted molar refractivity (Wildman–Crippen MR) is 119 cm³/mol. The molecule has 1 atom stereocenters. The number of hydrogen-bond donors (Lipinski definition) is 1. The van der Waals surface area contributed by atoms with Gasteiger partial charge in [-0.3, -0.25) is 9.89 Å². The highest BCUT2D eigenvalue weighted by molar-refractivity contribution is 7.09. The van der Waals surface area contributed by atoms with Crippen molar-refractivity contribution in [2.75, 3.05) is 53.5 Å². The Morgan fingerprint density at radius 3 is 2.75 bits per heavy atom. The van der Waals surface area contributed by atoms with Gasteiger partial charge in [-0.15, -0.1) is 11.3 Å². The number of thiophene rings is 1. The molecule has 1 aliphatic heterocycles. The zero-order valence-corrected chi connectivity index (χ0v) is 18.2. The second kappa shape index (κ2) is 10.8. The van der Waals surface area contributed by atoms with Crippen molar-refractivity contribution in [2.45, 2.75) is 12.5 Å². The van der Waals surface area contributed by atoms with Gasteiger partial charge in [-0.05, 0) is 29.5 Å². The van der Waals surface area contributed by atoms with E-state index in [4.69, 9.17) is 16.3 Å². The number of rotatable bonds is 7. The maximum Gasteiger partial charge on any atom is 0.193 e. The molecule has 0 bridgehead atoms. The molecule has 3 rings (SSSR count). The lowest BCUT2D eigenvalue weighted by atomic mass is 10.0. The summed E-state index contributed by atoms with van der Waals surface area (Å²) in [6, 6.07) is 12.6. The molecule has 1 saturated heterocycles. The van der Waals surface area contributed by atoms with Crippen molar-refractivity contribution >= 4 is 28.9 Å². The molecule has 28 heavy (non-hydrogen) atoms. The van der Waals surface area contributed by atoms with Crippen LogP contribution in [0.15, 0.2) is 46.8 Å². The van der Waals surface area contributed by atoms with Gasteiger partial charge in [0, 0.05) is 50.2 Å². The maximum atomic E-state index is 6.53. The van der Waals surface area contributed by atoms with Crippen LogP contribution < -0.4 is 5.32 Å². The summed E-state index contributed by atoms with van der Waals surface area (Å²) in [5.41, 5.74) is 1.15. The molecule has 1 aromatic heterocycles. The Balaban J connectivity index is 1.64. The fourth-order valence-corrected chi connectivity index (χ4v) is 4.44. The zero-order chi connectivity index (χ0) is 19.8. The number of nitrogens with one attached hydrogen (secondary N) is 1. The summed E-state index contributed by atoms with van der Waals surface area (Å²) in [5, 5.41) is 6.49. The Labute approximate surface area is 177 Å². The first-order valence-corrected chi connectivity index (χ1v) is 10.9. The number of halogens is 1. The Hall–Kier alpha value is -1.60. The highest BCUT2D eigenvalue weighted by Crippen LogP contribution is 2.27. The molecular formula is C21H29ClN4OS. The second-order valence-electron chi connectivity index (χ2n) is 6.86. The number of nitrogens with zero attached hydrogens (tertiary/aromatic N) is 3. The molecule has 0 spiro atoms. The minimum atomic E-state index is 0.181. The van der Waals surface area contributed by atoms with Crippen LogP contribution in [-0.2, 0) is 11.2 Å². The third-order valence-electron chi connectivity index (χ3n) is 5.05. The predicted octanol–water partition coefficient (Wildman–Crippen LogP) is 3.52. The van der Waals surface area contributed by atoms with Crippen LogP contribution in [0.3, 0.4) is 0 Å². The highest BCUT2D eigenvalue weighted by atomic mass is 35.5. The lowest BCUT2D eigenvalue weighted by Crippen LogP contribution is -2.47. The number of morpholine rings is 1. The highest BCUT2D eigenvalue weighted by Gasteiger charge is 2.25. The van der Waals surface area contributed by atoms with Crippen LogP contribution in [0.4, 0.5) is 0 Å². The summed E-state index contributed by atoms with van der Waals surface area (Å²) in [6.07, 6.45) is 1.02. The summed E-state index contributed by atoms with van der Waals surface area (Å²) in [7, 11) is 3.92. The zero-order valence-electron chi connectivity index (χ0n) is 16.6. The Bertz CT molecular complexity index is 747. The molecule has 0 saturated carbocycles. The van der Waals surface area contributed by atoms with E-state index in [2.05, 4.69) is 56.8 Å². The van der Waals surface area contributed by atoms with Crippen molar-refractivity contribution in [2.24, 2.45) is 4.99 Å². The van der Waals surface area contributed by atoms with Gasteiger partial charge in [0.05, 0.1) is 19.3 Å².